The average Bonchev–Trinajstić information content (AvgIpc) is 2.77. The first-order valence-corrected chi connectivity index (χ1v) is 12.0. The third-order valence-electron chi connectivity index (χ3n) is 6.65. The SMILES string of the molecule is CCN1CCN(C[C@@H](C)CNC(=O)[C@H]2CCCN(C(=O)c3cc(C)cc(C)c3)C2)CC1. The molecule has 3 rings (SSSR count). The first-order chi connectivity index (χ1) is 14.9. The van der Waals surface area contributed by atoms with Gasteiger partial charge < -0.3 is 20.0 Å². The molecule has 0 bridgehead atoms. The molecular formula is C25H40N4O2. The summed E-state index contributed by atoms with van der Waals surface area (Å²) in [5.41, 5.74) is 2.93. The highest BCUT2D eigenvalue weighted by molar-refractivity contribution is 5.95. The summed E-state index contributed by atoms with van der Waals surface area (Å²) in [6.45, 7) is 17.1. The van der Waals surface area contributed by atoms with Crippen LogP contribution in [-0.4, -0.2) is 85.4 Å². The molecule has 0 unspecified atom stereocenters. The number of nitrogens with zero attached hydrogens (tertiary/aromatic N) is 3. The zero-order valence-electron chi connectivity index (χ0n) is 19.8. The van der Waals surface area contributed by atoms with Crippen LogP contribution in [0.4, 0.5) is 0 Å². The Labute approximate surface area is 188 Å². The minimum absolute atomic E-state index is 0.0453. The van der Waals surface area contributed by atoms with Crippen molar-refractivity contribution in [2.45, 2.75) is 40.5 Å². The van der Waals surface area contributed by atoms with Gasteiger partial charge in [-0.05, 0) is 51.3 Å². The van der Waals surface area contributed by atoms with Crippen LogP contribution in [0.15, 0.2) is 18.2 Å². The normalized spacial score (nSPS) is 21.7. The van der Waals surface area contributed by atoms with E-state index in [0.29, 0.717) is 19.0 Å². The van der Waals surface area contributed by atoms with E-state index in [1.54, 1.807) is 0 Å². The Balaban J connectivity index is 1.45. The summed E-state index contributed by atoms with van der Waals surface area (Å²) in [4.78, 5) is 32.7. The maximum absolute atomic E-state index is 13.0. The molecule has 2 aliphatic heterocycles. The van der Waals surface area contributed by atoms with Gasteiger partial charge in [0, 0.05) is 57.9 Å². The summed E-state index contributed by atoms with van der Waals surface area (Å²) >= 11 is 0. The Kier molecular flexibility index (Phi) is 8.50. The van der Waals surface area contributed by atoms with Crippen molar-refractivity contribution in [3.05, 3.63) is 34.9 Å². The van der Waals surface area contributed by atoms with E-state index < -0.39 is 0 Å². The Hall–Kier alpha value is -1.92. The number of likely N-dealkylation sites (N-methyl/N-ethyl adjacent to an activating group) is 1. The largest absolute Gasteiger partial charge is 0.355 e. The van der Waals surface area contributed by atoms with Crippen LogP contribution in [0.2, 0.25) is 0 Å². The summed E-state index contributed by atoms with van der Waals surface area (Å²) in [7, 11) is 0. The Morgan fingerprint density at radius 2 is 1.68 bits per heavy atom. The van der Waals surface area contributed by atoms with E-state index in [-0.39, 0.29) is 17.7 Å². The van der Waals surface area contributed by atoms with Crippen LogP contribution >= 0.6 is 0 Å². The minimum Gasteiger partial charge on any atom is -0.355 e. The lowest BCUT2D eigenvalue weighted by Gasteiger charge is -2.35. The molecule has 2 saturated heterocycles. The molecular weight excluding hydrogens is 388 g/mol. The highest BCUT2D eigenvalue weighted by Crippen LogP contribution is 2.20. The zero-order chi connectivity index (χ0) is 22.4. The molecule has 1 aromatic rings. The van der Waals surface area contributed by atoms with Crippen LogP contribution in [0.3, 0.4) is 0 Å². The molecule has 2 atom stereocenters. The van der Waals surface area contributed by atoms with Gasteiger partial charge in [0.05, 0.1) is 5.92 Å². The standard InChI is InChI=1S/C25H40N4O2/c1-5-27-9-11-28(12-10-27)17-21(4)16-26-24(30)22-7-6-8-29(18-22)25(31)23-14-19(2)13-20(3)15-23/h13-15,21-22H,5-12,16-18H2,1-4H3,(H,26,30)/t21-,22-/m0/s1. The molecule has 0 aliphatic carbocycles. The van der Waals surface area contributed by atoms with Crippen molar-refractivity contribution in [1.29, 1.82) is 0 Å². The number of nitrogens with one attached hydrogen (secondary N) is 1. The summed E-state index contributed by atoms with van der Waals surface area (Å²) in [6.07, 6.45) is 1.74. The predicted molar refractivity (Wildman–Crippen MR) is 125 cm³/mol. The molecule has 1 N–H and O–H groups in total. The summed E-state index contributed by atoms with van der Waals surface area (Å²) in [6, 6.07) is 5.97. The van der Waals surface area contributed by atoms with Crippen LogP contribution in [0.1, 0.15) is 48.2 Å². The molecule has 6 nitrogen and oxygen atoms in total. The maximum atomic E-state index is 13.0. The quantitative estimate of drug-likeness (QED) is 0.725. The number of aryl methyl sites for hydroxylation is 2. The number of rotatable bonds is 7. The third kappa shape index (κ3) is 6.78. The monoisotopic (exact) mass is 428 g/mol. The molecule has 0 radical (unpaired) electrons. The highest BCUT2D eigenvalue weighted by atomic mass is 16.2. The number of carbonyl (C=O) groups is 2. The number of piperazine rings is 1. The number of amides is 2. The number of carbonyl (C=O) groups excluding carboxylic acids is 2. The minimum atomic E-state index is -0.107. The molecule has 0 aromatic heterocycles. The summed E-state index contributed by atoms with van der Waals surface area (Å²) in [5.74, 6) is 0.460. The molecule has 2 fully saturated rings. The van der Waals surface area contributed by atoms with Crippen LogP contribution in [-0.2, 0) is 4.79 Å². The fraction of sp³-hybridized carbons (Fsp3) is 0.680. The first kappa shape index (κ1) is 23.7. The zero-order valence-corrected chi connectivity index (χ0v) is 19.8. The number of hydrogen-bond acceptors (Lipinski definition) is 4. The number of piperidine rings is 1. The molecule has 172 valence electrons. The van der Waals surface area contributed by atoms with Crippen LogP contribution in [0, 0.1) is 25.7 Å². The van der Waals surface area contributed by atoms with E-state index in [0.717, 1.165) is 75.3 Å². The molecule has 1 aromatic carbocycles. The van der Waals surface area contributed by atoms with Crippen LogP contribution < -0.4 is 5.32 Å². The van der Waals surface area contributed by atoms with Crippen molar-refractivity contribution in [3.63, 3.8) is 0 Å². The first-order valence-electron chi connectivity index (χ1n) is 12.0. The molecule has 2 aliphatic rings. The second kappa shape index (κ2) is 11.1. The topological polar surface area (TPSA) is 55.9 Å². The molecule has 6 heteroatoms. The fourth-order valence-corrected chi connectivity index (χ4v) is 4.87. The average molecular weight is 429 g/mol. The fourth-order valence-electron chi connectivity index (χ4n) is 4.87. The molecule has 31 heavy (non-hydrogen) atoms. The van der Waals surface area contributed by atoms with Gasteiger partial charge in [0.2, 0.25) is 5.91 Å². The lowest BCUT2D eigenvalue weighted by molar-refractivity contribution is -0.126. The lowest BCUT2D eigenvalue weighted by Crippen LogP contribution is -2.49. The van der Waals surface area contributed by atoms with Crippen molar-refractivity contribution in [3.8, 4) is 0 Å². The molecule has 2 heterocycles. The van der Waals surface area contributed by atoms with Crippen molar-refractivity contribution in [2.75, 3.05) is 58.9 Å². The Bertz CT molecular complexity index is 738. The van der Waals surface area contributed by atoms with E-state index in [1.807, 2.05) is 30.9 Å². The molecule has 0 saturated carbocycles. The second-order valence-corrected chi connectivity index (χ2v) is 9.55. The van der Waals surface area contributed by atoms with Gasteiger partial charge >= 0.3 is 0 Å². The highest BCUT2D eigenvalue weighted by Gasteiger charge is 2.29. The smallest absolute Gasteiger partial charge is 0.253 e. The van der Waals surface area contributed by atoms with Crippen molar-refractivity contribution in [2.24, 2.45) is 11.8 Å². The van der Waals surface area contributed by atoms with E-state index in [1.165, 1.54) is 0 Å². The van der Waals surface area contributed by atoms with E-state index in [2.05, 4.69) is 35.0 Å². The summed E-state index contributed by atoms with van der Waals surface area (Å²) in [5, 5.41) is 3.17. The van der Waals surface area contributed by atoms with Gasteiger partial charge in [0.15, 0.2) is 0 Å². The predicted octanol–water partition coefficient (Wildman–Crippen LogP) is 2.55. The number of benzene rings is 1. The third-order valence-corrected chi connectivity index (χ3v) is 6.65. The van der Waals surface area contributed by atoms with Crippen molar-refractivity contribution >= 4 is 11.8 Å². The Morgan fingerprint density at radius 1 is 1.03 bits per heavy atom. The molecule has 0 spiro atoms. The van der Waals surface area contributed by atoms with Gasteiger partial charge in [0.25, 0.3) is 5.91 Å². The van der Waals surface area contributed by atoms with Crippen molar-refractivity contribution < 1.29 is 9.59 Å². The van der Waals surface area contributed by atoms with Gasteiger partial charge in [-0.2, -0.15) is 0 Å². The maximum Gasteiger partial charge on any atom is 0.253 e. The van der Waals surface area contributed by atoms with E-state index in [4.69, 9.17) is 0 Å². The van der Waals surface area contributed by atoms with Crippen LogP contribution in [0.25, 0.3) is 0 Å². The number of hydrogen-bond donors (Lipinski definition) is 1. The second-order valence-electron chi connectivity index (χ2n) is 9.55. The van der Waals surface area contributed by atoms with Crippen LogP contribution in [0.5, 0.6) is 0 Å². The number of likely N-dealkylation sites (tertiary alicyclic amines) is 1. The van der Waals surface area contributed by atoms with Gasteiger partial charge in [-0.1, -0.05) is 31.0 Å². The lowest BCUT2D eigenvalue weighted by atomic mass is 9.95. The van der Waals surface area contributed by atoms with Gasteiger partial charge in [-0.15, -0.1) is 0 Å². The summed E-state index contributed by atoms with van der Waals surface area (Å²) < 4.78 is 0. The molecule has 2 amide bonds. The van der Waals surface area contributed by atoms with E-state index >= 15 is 0 Å². The van der Waals surface area contributed by atoms with E-state index in [9.17, 15) is 9.59 Å². The van der Waals surface area contributed by atoms with Gasteiger partial charge in [-0.3, -0.25) is 9.59 Å². The van der Waals surface area contributed by atoms with Gasteiger partial charge in [0.1, 0.15) is 0 Å². The Morgan fingerprint density at radius 3 is 2.32 bits per heavy atom. The van der Waals surface area contributed by atoms with Gasteiger partial charge in [-0.25, -0.2) is 0 Å². The van der Waals surface area contributed by atoms with Crippen molar-refractivity contribution in [1.82, 2.24) is 20.0 Å².